The van der Waals surface area contributed by atoms with E-state index in [0.717, 1.165) is 63.0 Å². The number of fused-ring (bicyclic) bond motifs is 1. The maximum Gasteiger partial charge on any atom is 0.132 e. The van der Waals surface area contributed by atoms with Crippen LogP contribution in [0, 0.1) is 5.92 Å². The van der Waals surface area contributed by atoms with E-state index in [0.29, 0.717) is 31.3 Å². The molecule has 0 spiro atoms. The highest BCUT2D eigenvalue weighted by molar-refractivity contribution is 5.40. The van der Waals surface area contributed by atoms with Crippen LogP contribution in [0.3, 0.4) is 0 Å². The summed E-state index contributed by atoms with van der Waals surface area (Å²) in [6.45, 7) is 5.76. The number of rotatable bonds is 7. The van der Waals surface area contributed by atoms with Crippen LogP contribution in [0.1, 0.15) is 43.8 Å². The molecular formula is C21H34N6O2. The Morgan fingerprint density at radius 1 is 1.03 bits per heavy atom. The zero-order chi connectivity index (χ0) is 19.6. The van der Waals surface area contributed by atoms with Gasteiger partial charge >= 0.3 is 0 Å². The summed E-state index contributed by atoms with van der Waals surface area (Å²) in [4.78, 5) is 14.3. The van der Waals surface area contributed by atoms with Gasteiger partial charge in [0.05, 0.1) is 31.1 Å². The van der Waals surface area contributed by atoms with E-state index in [-0.39, 0.29) is 6.04 Å². The van der Waals surface area contributed by atoms with Gasteiger partial charge in [-0.1, -0.05) is 0 Å². The molecule has 8 nitrogen and oxygen atoms in total. The first-order valence-electron chi connectivity index (χ1n) is 11.2. The highest BCUT2D eigenvalue weighted by atomic mass is 16.5. The average Bonchev–Trinajstić information content (AvgIpc) is 3.54. The van der Waals surface area contributed by atoms with Gasteiger partial charge < -0.3 is 14.4 Å². The molecule has 4 atom stereocenters. The first-order valence-corrected chi connectivity index (χ1v) is 11.2. The number of hydrogen-bond acceptors (Lipinski definition) is 8. The third-order valence-electron chi connectivity index (χ3n) is 7.04. The molecule has 4 unspecified atom stereocenters. The van der Waals surface area contributed by atoms with Gasteiger partial charge in [0.1, 0.15) is 12.1 Å². The second-order valence-electron chi connectivity index (χ2n) is 8.89. The van der Waals surface area contributed by atoms with E-state index in [1.54, 1.807) is 13.4 Å². The third kappa shape index (κ3) is 4.41. The number of ether oxygens (including phenoxy) is 2. The van der Waals surface area contributed by atoms with Gasteiger partial charge in [-0.25, -0.2) is 15.4 Å². The number of aromatic nitrogens is 2. The van der Waals surface area contributed by atoms with Crippen molar-refractivity contribution in [2.45, 2.75) is 56.3 Å². The Morgan fingerprint density at radius 2 is 1.90 bits per heavy atom. The molecule has 4 fully saturated rings. The summed E-state index contributed by atoms with van der Waals surface area (Å²) in [6.07, 6.45) is 8.11. The minimum Gasteiger partial charge on any atom is -0.382 e. The number of hydrazine groups is 1. The van der Waals surface area contributed by atoms with E-state index in [9.17, 15) is 0 Å². The lowest BCUT2D eigenvalue weighted by Gasteiger charge is -2.36. The van der Waals surface area contributed by atoms with Gasteiger partial charge in [-0.15, -0.1) is 0 Å². The van der Waals surface area contributed by atoms with Crippen molar-refractivity contribution in [2.24, 2.45) is 5.92 Å². The summed E-state index contributed by atoms with van der Waals surface area (Å²) < 4.78 is 11.2. The van der Waals surface area contributed by atoms with Gasteiger partial charge in [0, 0.05) is 57.4 Å². The predicted octanol–water partition coefficient (Wildman–Crippen LogP) is 1.11. The summed E-state index contributed by atoms with van der Waals surface area (Å²) in [7, 11) is 1.72. The van der Waals surface area contributed by atoms with Gasteiger partial charge in [-0.05, 0) is 32.1 Å². The highest BCUT2D eigenvalue weighted by Gasteiger charge is 2.42. The van der Waals surface area contributed by atoms with Crippen LogP contribution in [0.2, 0.25) is 0 Å². The highest BCUT2D eigenvalue weighted by Crippen LogP contribution is 2.39. The summed E-state index contributed by atoms with van der Waals surface area (Å²) in [5, 5.41) is 0. The second-order valence-corrected chi connectivity index (χ2v) is 8.89. The fourth-order valence-corrected chi connectivity index (χ4v) is 5.22. The number of nitrogens with zero attached hydrogens (tertiary/aromatic N) is 4. The molecule has 0 amide bonds. The first kappa shape index (κ1) is 19.6. The topological polar surface area (TPSA) is 74.8 Å². The van der Waals surface area contributed by atoms with Gasteiger partial charge in [0.15, 0.2) is 0 Å². The molecule has 1 aromatic rings. The van der Waals surface area contributed by atoms with Crippen molar-refractivity contribution in [1.82, 2.24) is 25.7 Å². The van der Waals surface area contributed by atoms with Gasteiger partial charge in [0.25, 0.3) is 0 Å². The molecule has 2 aliphatic heterocycles. The molecule has 5 rings (SSSR count). The van der Waals surface area contributed by atoms with Gasteiger partial charge in [-0.2, -0.15) is 0 Å². The molecule has 29 heavy (non-hydrogen) atoms. The largest absolute Gasteiger partial charge is 0.382 e. The van der Waals surface area contributed by atoms with E-state index < -0.39 is 0 Å². The minimum absolute atomic E-state index is 0.211. The Balaban J connectivity index is 1.23. The van der Waals surface area contributed by atoms with Crippen LogP contribution >= 0.6 is 0 Å². The van der Waals surface area contributed by atoms with E-state index in [2.05, 4.69) is 36.7 Å². The average molecular weight is 403 g/mol. The SMILES string of the molecule is COCCOC1CCC2NNC(c3cc(N4CCN(C5CC5)CC4)ncn3)C2C1. The molecule has 2 saturated heterocycles. The molecule has 0 bridgehead atoms. The fraction of sp³-hybridized carbons (Fsp3) is 0.810. The number of methoxy groups -OCH3 is 1. The van der Waals surface area contributed by atoms with Crippen LogP contribution in [-0.2, 0) is 9.47 Å². The second kappa shape index (κ2) is 8.81. The first-order chi connectivity index (χ1) is 14.3. The molecular weight excluding hydrogens is 368 g/mol. The van der Waals surface area contributed by atoms with Crippen molar-refractivity contribution >= 4 is 5.82 Å². The van der Waals surface area contributed by atoms with Crippen LogP contribution in [0.5, 0.6) is 0 Å². The monoisotopic (exact) mass is 402 g/mol. The molecule has 160 valence electrons. The van der Waals surface area contributed by atoms with E-state index in [1.165, 1.54) is 12.8 Å². The quantitative estimate of drug-likeness (QED) is 0.657. The smallest absolute Gasteiger partial charge is 0.132 e. The van der Waals surface area contributed by atoms with E-state index in [1.807, 2.05) is 0 Å². The Hall–Kier alpha value is -1.32. The molecule has 2 N–H and O–H groups in total. The maximum atomic E-state index is 6.04. The van der Waals surface area contributed by atoms with E-state index in [4.69, 9.17) is 9.47 Å². The molecule has 0 radical (unpaired) electrons. The van der Waals surface area contributed by atoms with Crippen LogP contribution in [-0.4, -0.2) is 79.6 Å². The number of anilines is 1. The Morgan fingerprint density at radius 3 is 2.69 bits per heavy atom. The molecule has 2 saturated carbocycles. The fourth-order valence-electron chi connectivity index (χ4n) is 5.22. The van der Waals surface area contributed by atoms with Crippen molar-refractivity contribution in [3.63, 3.8) is 0 Å². The zero-order valence-corrected chi connectivity index (χ0v) is 17.4. The van der Waals surface area contributed by atoms with Crippen LogP contribution in [0.25, 0.3) is 0 Å². The number of piperazine rings is 1. The van der Waals surface area contributed by atoms with Crippen LogP contribution in [0.15, 0.2) is 12.4 Å². The molecule has 2 aliphatic carbocycles. The molecule has 1 aromatic heterocycles. The Kier molecular flexibility index (Phi) is 5.97. The number of nitrogens with one attached hydrogen (secondary N) is 2. The van der Waals surface area contributed by atoms with Crippen molar-refractivity contribution in [3.05, 3.63) is 18.1 Å². The molecule has 4 aliphatic rings. The molecule has 8 heteroatoms. The molecule has 0 aromatic carbocycles. The minimum atomic E-state index is 0.211. The molecule has 3 heterocycles. The Labute approximate surface area is 173 Å². The van der Waals surface area contributed by atoms with Gasteiger partial charge in [0.2, 0.25) is 0 Å². The van der Waals surface area contributed by atoms with Crippen molar-refractivity contribution in [3.8, 4) is 0 Å². The van der Waals surface area contributed by atoms with Crippen molar-refractivity contribution < 1.29 is 9.47 Å². The summed E-state index contributed by atoms with van der Waals surface area (Å²) in [5.41, 5.74) is 8.12. The number of hydrogen-bond donors (Lipinski definition) is 2. The maximum absolute atomic E-state index is 6.04. The standard InChI is InChI=1S/C21H34N6O2/c1-28-10-11-29-16-4-5-18-17(12-16)21(25-24-18)19-13-20(23-14-22-19)27-8-6-26(7-9-27)15-2-3-15/h13-18,21,24-25H,2-12H2,1H3. The zero-order valence-electron chi connectivity index (χ0n) is 17.4. The lowest BCUT2D eigenvalue weighted by molar-refractivity contribution is -0.0151. The van der Waals surface area contributed by atoms with Gasteiger partial charge in [-0.3, -0.25) is 10.3 Å². The summed E-state index contributed by atoms with van der Waals surface area (Å²) >= 11 is 0. The van der Waals surface area contributed by atoms with E-state index >= 15 is 0 Å². The normalized spacial score (nSPS) is 33.1. The van der Waals surface area contributed by atoms with Crippen LogP contribution in [0.4, 0.5) is 5.82 Å². The predicted molar refractivity (Wildman–Crippen MR) is 111 cm³/mol. The lowest BCUT2D eigenvalue weighted by Crippen LogP contribution is -2.47. The lowest BCUT2D eigenvalue weighted by atomic mass is 9.79. The summed E-state index contributed by atoms with van der Waals surface area (Å²) in [6, 6.07) is 3.75. The van der Waals surface area contributed by atoms with Crippen molar-refractivity contribution in [2.75, 3.05) is 51.4 Å². The van der Waals surface area contributed by atoms with Crippen molar-refractivity contribution in [1.29, 1.82) is 0 Å². The summed E-state index contributed by atoms with van der Waals surface area (Å²) in [5.74, 6) is 1.56. The Bertz CT molecular complexity index is 679. The van der Waals surface area contributed by atoms with Crippen LogP contribution < -0.4 is 15.8 Å². The third-order valence-corrected chi connectivity index (χ3v) is 7.04.